The molecule has 0 spiro atoms. The molecule has 21 heavy (non-hydrogen) atoms. The number of anilines is 1. The summed E-state index contributed by atoms with van der Waals surface area (Å²) in [5.41, 5.74) is -0.0830. The molecular formula is C13H13F2N5O. The van der Waals surface area contributed by atoms with Gasteiger partial charge >= 0.3 is 6.03 Å². The van der Waals surface area contributed by atoms with Crippen molar-refractivity contribution >= 4 is 11.7 Å². The summed E-state index contributed by atoms with van der Waals surface area (Å²) in [6.07, 6.45) is 1.91. The van der Waals surface area contributed by atoms with Crippen molar-refractivity contribution in [2.24, 2.45) is 0 Å². The van der Waals surface area contributed by atoms with E-state index in [0.29, 0.717) is 11.9 Å². The Morgan fingerprint density at radius 2 is 2.19 bits per heavy atom. The molecule has 1 aliphatic rings. The Balaban J connectivity index is 1.59. The van der Waals surface area contributed by atoms with Crippen LogP contribution in [0.3, 0.4) is 0 Å². The van der Waals surface area contributed by atoms with Gasteiger partial charge in [-0.25, -0.2) is 13.6 Å². The molecule has 110 valence electrons. The lowest BCUT2D eigenvalue weighted by Gasteiger charge is -2.08. The minimum atomic E-state index is -0.825. The number of fused-ring (bicyclic) bond motifs is 1. The Kier molecular flexibility index (Phi) is 3.51. The highest BCUT2D eigenvalue weighted by Gasteiger charge is 2.17. The van der Waals surface area contributed by atoms with Gasteiger partial charge < -0.3 is 15.2 Å². The predicted octanol–water partition coefficient (Wildman–Crippen LogP) is 1.82. The first-order valence-electron chi connectivity index (χ1n) is 6.54. The summed E-state index contributed by atoms with van der Waals surface area (Å²) in [5, 5.41) is 12.9. The molecule has 0 saturated carbocycles. The van der Waals surface area contributed by atoms with Crippen molar-refractivity contribution in [1.29, 1.82) is 0 Å². The molecule has 0 unspecified atom stereocenters. The van der Waals surface area contributed by atoms with Gasteiger partial charge in [0.25, 0.3) is 0 Å². The highest BCUT2D eigenvalue weighted by atomic mass is 19.1. The van der Waals surface area contributed by atoms with Crippen LogP contribution in [0.4, 0.5) is 19.3 Å². The molecule has 0 saturated heterocycles. The van der Waals surface area contributed by atoms with Crippen LogP contribution in [0.15, 0.2) is 18.2 Å². The van der Waals surface area contributed by atoms with Crippen molar-refractivity contribution < 1.29 is 13.6 Å². The molecular weight excluding hydrogens is 280 g/mol. The Hall–Kier alpha value is -2.51. The molecule has 3 rings (SSSR count). The SMILES string of the molecule is O=C(NCc1nnc2n1CCC2)Nc1ccc(F)cc1F. The van der Waals surface area contributed by atoms with Gasteiger partial charge in [-0.05, 0) is 18.6 Å². The van der Waals surface area contributed by atoms with E-state index in [4.69, 9.17) is 0 Å². The molecule has 2 aromatic rings. The van der Waals surface area contributed by atoms with Crippen molar-refractivity contribution in [3.8, 4) is 0 Å². The van der Waals surface area contributed by atoms with E-state index in [1.165, 1.54) is 6.07 Å². The van der Waals surface area contributed by atoms with Gasteiger partial charge in [0.15, 0.2) is 5.82 Å². The van der Waals surface area contributed by atoms with Crippen LogP contribution in [0.2, 0.25) is 0 Å². The predicted molar refractivity (Wildman–Crippen MR) is 70.6 cm³/mol. The topological polar surface area (TPSA) is 71.8 Å². The number of carbonyl (C=O) groups excluding carboxylic acids is 1. The Bertz CT molecular complexity index is 685. The molecule has 0 atom stereocenters. The number of carbonyl (C=O) groups is 1. The third kappa shape index (κ3) is 2.83. The molecule has 2 heterocycles. The van der Waals surface area contributed by atoms with Crippen LogP contribution in [0.5, 0.6) is 0 Å². The van der Waals surface area contributed by atoms with Gasteiger partial charge in [-0.3, -0.25) is 0 Å². The van der Waals surface area contributed by atoms with Crippen LogP contribution < -0.4 is 10.6 Å². The fourth-order valence-corrected chi connectivity index (χ4v) is 2.26. The Morgan fingerprint density at radius 1 is 1.33 bits per heavy atom. The number of nitrogens with zero attached hydrogens (tertiary/aromatic N) is 3. The maximum absolute atomic E-state index is 13.4. The van der Waals surface area contributed by atoms with Crippen molar-refractivity contribution in [2.75, 3.05) is 5.32 Å². The number of aryl methyl sites for hydroxylation is 1. The number of amides is 2. The Labute approximate surface area is 119 Å². The van der Waals surface area contributed by atoms with Gasteiger partial charge in [-0.2, -0.15) is 0 Å². The number of urea groups is 1. The second-order valence-corrected chi connectivity index (χ2v) is 4.72. The van der Waals surface area contributed by atoms with Crippen LogP contribution in [-0.4, -0.2) is 20.8 Å². The van der Waals surface area contributed by atoms with E-state index in [1.54, 1.807) is 0 Å². The van der Waals surface area contributed by atoms with Gasteiger partial charge in [0, 0.05) is 19.0 Å². The van der Waals surface area contributed by atoms with Crippen LogP contribution in [-0.2, 0) is 19.5 Å². The summed E-state index contributed by atoms with van der Waals surface area (Å²) < 4.78 is 28.1. The fraction of sp³-hybridized carbons (Fsp3) is 0.308. The van der Waals surface area contributed by atoms with Crippen LogP contribution in [0, 0.1) is 11.6 Å². The first kappa shape index (κ1) is 13.5. The number of rotatable bonds is 3. The van der Waals surface area contributed by atoms with Gasteiger partial charge in [-0.1, -0.05) is 0 Å². The third-order valence-corrected chi connectivity index (χ3v) is 3.27. The summed E-state index contributed by atoms with van der Waals surface area (Å²) >= 11 is 0. The van der Waals surface area contributed by atoms with E-state index < -0.39 is 17.7 Å². The molecule has 1 aromatic carbocycles. The van der Waals surface area contributed by atoms with Crippen molar-refractivity contribution in [3.05, 3.63) is 41.5 Å². The zero-order valence-electron chi connectivity index (χ0n) is 11.1. The van der Waals surface area contributed by atoms with Crippen LogP contribution in [0.1, 0.15) is 18.1 Å². The summed E-state index contributed by atoms with van der Waals surface area (Å²) in [5.74, 6) is 0.0556. The van der Waals surface area contributed by atoms with E-state index in [-0.39, 0.29) is 12.2 Å². The first-order chi connectivity index (χ1) is 10.1. The maximum atomic E-state index is 13.4. The summed E-state index contributed by atoms with van der Waals surface area (Å²) in [7, 11) is 0. The van der Waals surface area contributed by atoms with Crippen LogP contribution >= 0.6 is 0 Å². The quantitative estimate of drug-likeness (QED) is 0.906. The Morgan fingerprint density at radius 3 is 3.00 bits per heavy atom. The molecule has 2 amide bonds. The van der Waals surface area contributed by atoms with E-state index in [2.05, 4.69) is 20.8 Å². The smallest absolute Gasteiger partial charge is 0.319 e. The van der Waals surface area contributed by atoms with Crippen molar-refractivity contribution in [2.45, 2.75) is 25.9 Å². The number of halogens is 2. The van der Waals surface area contributed by atoms with Gasteiger partial charge in [-0.15, -0.1) is 10.2 Å². The minimum absolute atomic E-state index is 0.0830. The van der Waals surface area contributed by atoms with E-state index in [9.17, 15) is 13.6 Å². The van der Waals surface area contributed by atoms with Crippen molar-refractivity contribution in [1.82, 2.24) is 20.1 Å². The molecule has 2 N–H and O–H groups in total. The third-order valence-electron chi connectivity index (χ3n) is 3.27. The molecule has 0 fully saturated rings. The number of hydrogen-bond acceptors (Lipinski definition) is 3. The molecule has 0 bridgehead atoms. The monoisotopic (exact) mass is 293 g/mol. The largest absolute Gasteiger partial charge is 0.331 e. The number of benzene rings is 1. The number of aromatic nitrogens is 3. The first-order valence-corrected chi connectivity index (χ1v) is 6.54. The average molecular weight is 293 g/mol. The molecule has 6 nitrogen and oxygen atoms in total. The minimum Gasteiger partial charge on any atom is -0.331 e. The fourth-order valence-electron chi connectivity index (χ4n) is 2.26. The highest BCUT2D eigenvalue weighted by molar-refractivity contribution is 5.89. The van der Waals surface area contributed by atoms with Gasteiger partial charge in [0.2, 0.25) is 0 Å². The lowest BCUT2D eigenvalue weighted by molar-refractivity contribution is 0.251. The zero-order chi connectivity index (χ0) is 14.8. The lowest BCUT2D eigenvalue weighted by atomic mass is 10.3. The van der Waals surface area contributed by atoms with E-state index in [0.717, 1.165) is 31.3 Å². The normalized spacial score (nSPS) is 13.0. The van der Waals surface area contributed by atoms with Gasteiger partial charge in [0.05, 0.1) is 12.2 Å². The lowest BCUT2D eigenvalue weighted by Crippen LogP contribution is -2.29. The highest BCUT2D eigenvalue weighted by Crippen LogP contribution is 2.15. The van der Waals surface area contributed by atoms with Crippen molar-refractivity contribution in [3.63, 3.8) is 0 Å². The average Bonchev–Trinajstić information content (AvgIpc) is 3.03. The summed E-state index contributed by atoms with van der Waals surface area (Å²) in [4.78, 5) is 11.7. The summed E-state index contributed by atoms with van der Waals surface area (Å²) in [6, 6.07) is 2.36. The number of hydrogen-bond donors (Lipinski definition) is 2. The second-order valence-electron chi connectivity index (χ2n) is 4.72. The number of nitrogens with one attached hydrogen (secondary N) is 2. The molecule has 1 aliphatic heterocycles. The van der Waals surface area contributed by atoms with E-state index >= 15 is 0 Å². The standard InChI is InChI=1S/C13H13F2N5O/c14-8-3-4-10(9(15)6-8)17-13(21)16-7-12-19-18-11-2-1-5-20(11)12/h3-4,6H,1-2,5,7H2,(H2,16,17,21). The molecule has 0 radical (unpaired) electrons. The van der Waals surface area contributed by atoms with Gasteiger partial charge in [0.1, 0.15) is 17.5 Å². The zero-order valence-corrected chi connectivity index (χ0v) is 11.1. The molecule has 0 aliphatic carbocycles. The summed E-state index contributed by atoms with van der Waals surface area (Å²) in [6.45, 7) is 1.04. The molecule has 8 heteroatoms. The van der Waals surface area contributed by atoms with E-state index in [1.807, 2.05) is 4.57 Å². The van der Waals surface area contributed by atoms with Crippen LogP contribution in [0.25, 0.3) is 0 Å². The maximum Gasteiger partial charge on any atom is 0.319 e. The second kappa shape index (κ2) is 5.47. The molecule has 1 aromatic heterocycles.